The molecule has 0 aromatic carbocycles. The molecule has 2 nitrogen and oxygen atoms in total. The van der Waals surface area contributed by atoms with Crippen LogP contribution in [0, 0.1) is 0 Å². The Kier molecular flexibility index (Phi) is 7.44. The van der Waals surface area contributed by atoms with Gasteiger partial charge < -0.3 is 4.52 Å². The molecule has 0 rings (SSSR count). The van der Waals surface area contributed by atoms with Gasteiger partial charge in [0.25, 0.3) is 6.10 Å². The van der Waals surface area contributed by atoms with E-state index in [1.54, 1.807) is 46.2 Å². The van der Waals surface area contributed by atoms with Gasteiger partial charge in [-0.1, -0.05) is 13.8 Å². The van der Waals surface area contributed by atoms with Gasteiger partial charge in [0.2, 0.25) is 0 Å². The molecule has 1 unspecified atom stereocenters. The molecule has 0 saturated heterocycles. The molecule has 0 bridgehead atoms. The summed E-state index contributed by atoms with van der Waals surface area (Å²) in [6, 6.07) is -0.443. The van der Waals surface area contributed by atoms with E-state index in [0.29, 0.717) is 0 Å². The molecule has 0 aliphatic carbocycles. The van der Waals surface area contributed by atoms with E-state index >= 15 is 0 Å². The smallest absolute Gasteiger partial charge is 0.321 e. The minimum atomic E-state index is -5.48. The molecule has 1 atom stereocenters. The maximum atomic E-state index is 12.7. The number of hydrogen-bond donors (Lipinski definition) is 0. The predicted octanol–water partition coefficient (Wildman–Crippen LogP) is 5.34. The van der Waals surface area contributed by atoms with Crippen LogP contribution in [0.5, 0.6) is 0 Å². The van der Waals surface area contributed by atoms with E-state index in [1.807, 2.05) is 0 Å². The molecule has 21 heavy (non-hydrogen) atoms. The molecule has 0 amide bonds. The molecule has 0 spiro atoms. The minimum Gasteiger partial charge on any atom is -0.321 e. The van der Waals surface area contributed by atoms with Crippen LogP contribution in [-0.4, -0.2) is 40.9 Å². The summed E-state index contributed by atoms with van der Waals surface area (Å²) in [6.45, 7) is 10.0. The molecule has 128 valence electrons. The summed E-state index contributed by atoms with van der Waals surface area (Å²) in [5.41, 5.74) is -0.461. The van der Waals surface area contributed by atoms with Gasteiger partial charge in [-0.15, -0.1) is 0 Å². The van der Waals surface area contributed by atoms with Crippen molar-refractivity contribution in [1.29, 1.82) is 0 Å². The molecule has 0 radical (unpaired) electrons. The van der Waals surface area contributed by atoms with E-state index < -0.39 is 32.4 Å². The van der Waals surface area contributed by atoms with E-state index in [4.69, 9.17) is 0 Å². The van der Waals surface area contributed by atoms with Gasteiger partial charge in [-0.25, -0.2) is 0 Å². The Morgan fingerprint density at radius 1 is 0.762 bits per heavy atom. The van der Waals surface area contributed by atoms with Crippen molar-refractivity contribution in [3.63, 3.8) is 0 Å². The molecule has 9 heteroatoms. The third-order valence-corrected chi connectivity index (χ3v) is 5.22. The summed E-state index contributed by atoms with van der Waals surface area (Å²) in [5, 5.41) is 0. The van der Waals surface area contributed by atoms with Crippen molar-refractivity contribution in [1.82, 2.24) is 4.67 Å². The zero-order valence-corrected chi connectivity index (χ0v) is 13.8. The number of hydrogen-bond acceptors (Lipinski definition) is 2. The standard InChI is InChI=1S/C12H22F6NOP/c1-7(2)19(8(3)4)21(9(5)6)20-10(11(13,14)15)12(16,17)18/h7-10H,1-6H3. The van der Waals surface area contributed by atoms with Crippen LogP contribution in [0.4, 0.5) is 26.3 Å². The van der Waals surface area contributed by atoms with Crippen LogP contribution in [0.3, 0.4) is 0 Å². The summed E-state index contributed by atoms with van der Waals surface area (Å²) in [6.07, 6.45) is -14.7. The van der Waals surface area contributed by atoms with Crippen LogP contribution in [-0.2, 0) is 4.52 Å². The highest BCUT2D eigenvalue weighted by atomic mass is 31.2. The van der Waals surface area contributed by atoms with Crippen molar-refractivity contribution < 1.29 is 30.9 Å². The molecule has 0 aliphatic heterocycles. The van der Waals surface area contributed by atoms with Crippen LogP contribution in [0.1, 0.15) is 41.5 Å². The second kappa shape index (κ2) is 7.47. The quantitative estimate of drug-likeness (QED) is 0.478. The molecule has 0 aliphatic rings. The minimum absolute atomic E-state index is 0.222. The fourth-order valence-corrected chi connectivity index (χ4v) is 4.16. The van der Waals surface area contributed by atoms with Gasteiger partial charge >= 0.3 is 12.4 Å². The number of alkyl halides is 6. The normalized spacial score (nSPS) is 15.9. The second-order valence-corrected chi connectivity index (χ2v) is 7.84. The Balaban J connectivity index is 5.49. The third kappa shape index (κ3) is 6.28. The Morgan fingerprint density at radius 3 is 1.29 bits per heavy atom. The fraction of sp³-hybridized carbons (Fsp3) is 1.00. The van der Waals surface area contributed by atoms with Crippen LogP contribution in [0.25, 0.3) is 0 Å². The summed E-state index contributed by atoms with van der Waals surface area (Å²) < 4.78 is 82.1. The van der Waals surface area contributed by atoms with E-state index in [2.05, 4.69) is 4.52 Å². The van der Waals surface area contributed by atoms with Gasteiger partial charge in [0.15, 0.2) is 0 Å². The zero-order chi connectivity index (χ0) is 17.2. The Labute approximate surface area is 122 Å². The van der Waals surface area contributed by atoms with Crippen LogP contribution >= 0.6 is 8.30 Å². The second-order valence-electron chi connectivity index (χ2n) is 5.53. The van der Waals surface area contributed by atoms with Gasteiger partial charge in [0, 0.05) is 17.7 Å². The van der Waals surface area contributed by atoms with Crippen molar-refractivity contribution in [3.8, 4) is 0 Å². The van der Waals surface area contributed by atoms with Crippen molar-refractivity contribution >= 4 is 8.30 Å². The largest absolute Gasteiger partial charge is 0.424 e. The lowest BCUT2D eigenvalue weighted by Gasteiger charge is -2.41. The maximum absolute atomic E-state index is 12.7. The Morgan fingerprint density at radius 2 is 1.10 bits per heavy atom. The number of nitrogens with zero attached hydrogens (tertiary/aromatic N) is 1. The van der Waals surface area contributed by atoms with Crippen LogP contribution in [0.2, 0.25) is 0 Å². The Bertz CT molecular complexity index is 294. The van der Waals surface area contributed by atoms with Crippen LogP contribution < -0.4 is 0 Å². The highest BCUT2D eigenvalue weighted by Gasteiger charge is 2.59. The predicted molar refractivity (Wildman–Crippen MR) is 71.2 cm³/mol. The fourth-order valence-electron chi connectivity index (χ4n) is 1.91. The maximum Gasteiger partial charge on any atom is 0.424 e. The van der Waals surface area contributed by atoms with Gasteiger partial charge in [-0.05, 0) is 27.7 Å². The average molecular weight is 341 g/mol. The third-order valence-electron chi connectivity index (χ3n) is 2.54. The SMILES string of the molecule is CC(C)N(C(C)C)P(OC(C(F)(F)F)C(F)(F)F)C(C)C. The molecule has 0 saturated carbocycles. The molecular formula is C12H22F6NOP. The molecule has 0 N–H and O–H groups in total. The highest BCUT2D eigenvalue weighted by molar-refractivity contribution is 7.50. The monoisotopic (exact) mass is 341 g/mol. The first-order valence-electron chi connectivity index (χ1n) is 6.57. The highest BCUT2D eigenvalue weighted by Crippen LogP contribution is 2.53. The number of halogens is 6. The van der Waals surface area contributed by atoms with E-state index in [0.717, 1.165) is 0 Å². The first kappa shape index (κ1) is 20.9. The average Bonchev–Trinajstić information content (AvgIpc) is 2.17. The molecule has 0 aromatic rings. The zero-order valence-electron chi connectivity index (χ0n) is 12.9. The van der Waals surface area contributed by atoms with Gasteiger partial charge in [0.1, 0.15) is 8.30 Å². The summed E-state index contributed by atoms with van der Waals surface area (Å²) in [5.74, 6) is 0. The van der Waals surface area contributed by atoms with Gasteiger partial charge in [-0.2, -0.15) is 26.3 Å². The first-order chi connectivity index (χ1) is 9.19. The molecule has 0 heterocycles. The molecular weight excluding hydrogens is 319 g/mol. The lowest BCUT2D eigenvalue weighted by molar-refractivity contribution is -0.299. The molecule has 0 fully saturated rings. The summed E-state index contributed by atoms with van der Waals surface area (Å²) in [7, 11) is -2.04. The van der Waals surface area contributed by atoms with Crippen molar-refractivity contribution in [2.24, 2.45) is 0 Å². The first-order valence-corrected chi connectivity index (χ1v) is 7.85. The molecule has 0 aromatic heterocycles. The lowest BCUT2D eigenvalue weighted by Crippen LogP contribution is -2.46. The summed E-state index contributed by atoms with van der Waals surface area (Å²) in [4.78, 5) is 0. The van der Waals surface area contributed by atoms with E-state index in [1.165, 1.54) is 0 Å². The van der Waals surface area contributed by atoms with Crippen molar-refractivity contribution in [2.75, 3.05) is 0 Å². The van der Waals surface area contributed by atoms with Crippen LogP contribution in [0.15, 0.2) is 0 Å². The Hall–Kier alpha value is -0.0700. The number of rotatable bonds is 6. The lowest BCUT2D eigenvalue weighted by atomic mass is 10.3. The summed E-state index contributed by atoms with van der Waals surface area (Å²) >= 11 is 0. The van der Waals surface area contributed by atoms with Gasteiger partial charge in [0.05, 0.1) is 0 Å². The van der Waals surface area contributed by atoms with E-state index in [-0.39, 0.29) is 12.1 Å². The topological polar surface area (TPSA) is 12.5 Å². The van der Waals surface area contributed by atoms with Crippen molar-refractivity contribution in [3.05, 3.63) is 0 Å². The van der Waals surface area contributed by atoms with Crippen molar-refractivity contribution in [2.45, 2.75) is 77.7 Å². The van der Waals surface area contributed by atoms with Gasteiger partial charge in [-0.3, -0.25) is 4.67 Å². The van der Waals surface area contributed by atoms with E-state index in [9.17, 15) is 26.3 Å².